The van der Waals surface area contributed by atoms with Gasteiger partial charge < -0.3 is 10.2 Å². The number of amides is 1. The molecule has 1 N–H and O–H groups in total. The van der Waals surface area contributed by atoms with Crippen molar-refractivity contribution in [1.82, 2.24) is 10.2 Å². The van der Waals surface area contributed by atoms with Gasteiger partial charge in [0.25, 0.3) is 0 Å². The Bertz CT molecular complexity index is 222. The summed E-state index contributed by atoms with van der Waals surface area (Å²) in [6.45, 7) is 4.64. The van der Waals surface area contributed by atoms with E-state index in [1.54, 1.807) is 0 Å². The molecule has 0 aromatic heterocycles. The molecule has 2 saturated carbocycles. The van der Waals surface area contributed by atoms with Crippen molar-refractivity contribution in [3.63, 3.8) is 0 Å². The third-order valence-corrected chi connectivity index (χ3v) is 3.16. The average Bonchev–Trinajstić information content (AvgIpc) is 3.06. The molecular weight excluding hydrogens is 188 g/mol. The minimum atomic E-state index is 0.317. The van der Waals surface area contributed by atoms with Crippen LogP contribution in [-0.2, 0) is 4.79 Å². The predicted octanol–water partition coefficient (Wildman–Crippen LogP) is 1.39. The molecule has 2 rings (SSSR count). The SMILES string of the molecule is CCCNCC(=O)N(CC1CC1)C1CC1. The minimum Gasteiger partial charge on any atom is -0.338 e. The van der Waals surface area contributed by atoms with Crippen molar-refractivity contribution in [2.45, 2.75) is 45.1 Å². The number of carbonyl (C=O) groups is 1. The first-order valence-corrected chi connectivity index (χ1v) is 6.31. The molecule has 86 valence electrons. The topological polar surface area (TPSA) is 32.3 Å². The van der Waals surface area contributed by atoms with Gasteiger partial charge in [0, 0.05) is 12.6 Å². The second-order valence-electron chi connectivity index (χ2n) is 4.90. The third-order valence-electron chi connectivity index (χ3n) is 3.16. The van der Waals surface area contributed by atoms with Gasteiger partial charge in [-0.25, -0.2) is 0 Å². The Morgan fingerprint density at radius 3 is 2.60 bits per heavy atom. The molecule has 2 aliphatic rings. The van der Waals surface area contributed by atoms with E-state index in [2.05, 4.69) is 17.1 Å². The summed E-state index contributed by atoms with van der Waals surface area (Å²) in [5.74, 6) is 1.14. The highest BCUT2D eigenvalue weighted by molar-refractivity contribution is 5.79. The van der Waals surface area contributed by atoms with E-state index >= 15 is 0 Å². The molecule has 15 heavy (non-hydrogen) atoms. The minimum absolute atomic E-state index is 0.317. The summed E-state index contributed by atoms with van der Waals surface area (Å²) in [7, 11) is 0. The molecule has 0 aromatic carbocycles. The lowest BCUT2D eigenvalue weighted by atomic mass is 10.3. The van der Waals surface area contributed by atoms with Gasteiger partial charge in [0.2, 0.25) is 5.91 Å². The first-order valence-electron chi connectivity index (χ1n) is 6.31. The Labute approximate surface area is 92.2 Å². The van der Waals surface area contributed by atoms with E-state index in [4.69, 9.17) is 0 Å². The lowest BCUT2D eigenvalue weighted by molar-refractivity contribution is -0.131. The number of hydrogen-bond donors (Lipinski definition) is 1. The molecule has 0 unspecified atom stereocenters. The predicted molar refractivity (Wildman–Crippen MR) is 60.6 cm³/mol. The van der Waals surface area contributed by atoms with Crippen LogP contribution in [0.2, 0.25) is 0 Å². The van der Waals surface area contributed by atoms with Gasteiger partial charge in [-0.1, -0.05) is 6.92 Å². The van der Waals surface area contributed by atoms with Crippen molar-refractivity contribution in [3.8, 4) is 0 Å². The normalized spacial score (nSPS) is 20.3. The summed E-state index contributed by atoms with van der Waals surface area (Å²) in [6, 6.07) is 0.585. The fourth-order valence-corrected chi connectivity index (χ4v) is 1.89. The van der Waals surface area contributed by atoms with E-state index in [9.17, 15) is 4.79 Å². The molecule has 0 atom stereocenters. The van der Waals surface area contributed by atoms with Crippen molar-refractivity contribution < 1.29 is 4.79 Å². The van der Waals surface area contributed by atoms with Gasteiger partial charge in [0.15, 0.2) is 0 Å². The maximum Gasteiger partial charge on any atom is 0.236 e. The fourth-order valence-electron chi connectivity index (χ4n) is 1.89. The van der Waals surface area contributed by atoms with E-state index in [-0.39, 0.29) is 0 Å². The molecule has 0 radical (unpaired) electrons. The quantitative estimate of drug-likeness (QED) is 0.644. The second-order valence-corrected chi connectivity index (χ2v) is 4.90. The van der Waals surface area contributed by atoms with Crippen molar-refractivity contribution in [2.75, 3.05) is 19.6 Å². The average molecular weight is 210 g/mol. The highest BCUT2D eigenvalue weighted by Crippen LogP contribution is 2.34. The smallest absolute Gasteiger partial charge is 0.236 e. The van der Waals surface area contributed by atoms with Crippen LogP contribution >= 0.6 is 0 Å². The molecule has 0 spiro atoms. The third kappa shape index (κ3) is 3.49. The molecule has 3 nitrogen and oxygen atoms in total. The summed E-state index contributed by atoms with van der Waals surface area (Å²) < 4.78 is 0. The van der Waals surface area contributed by atoms with Crippen molar-refractivity contribution >= 4 is 5.91 Å². The van der Waals surface area contributed by atoms with Gasteiger partial charge in [-0.05, 0) is 44.6 Å². The summed E-state index contributed by atoms with van der Waals surface area (Å²) >= 11 is 0. The number of carbonyl (C=O) groups excluding carboxylic acids is 1. The number of nitrogens with zero attached hydrogens (tertiary/aromatic N) is 1. The summed E-state index contributed by atoms with van der Waals surface area (Å²) in [5, 5.41) is 3.20. The van der Waals surface area contributed by atoms with E-state index in [1.165, 1.54) is 25.7 Å². The van der Waals surface area contributed by atoms with Crippen molar-refractivity contribution in [1.29, 1.82) is 0 Å². The van der Waals surface area contributed by atoms with E-state index in [0.29, 0.717) is 18.5 Å². The van der Waals surface area contributed by atoms with E-state index in [1.807, 2.05) is 0 Å². The largest absolute Gasteiger partial charge is 0.338 e. The van der Waals surface area contributed by atoms with Gasteiger partial charge in [-0.2, -0.15) is 0 Å². The lowest BCUT2D eigenvalue weighted by Gasteiger charge is -2.22. The van der Waals surface area contributed by atoms with Crippen LogP contribution in [0.1, 0.15) is 39.0 Å². The number of nitrogens with one attached hydrogen (secondary N) is 1. The van der Waals surface area contributed by atoms with Crippen LogP contribution in [0.25, 0.3) is 0 Å². The number of rotatable bonds is 7. The second kappa shape index (κ2) is 4.97. The maximum atomic E-state index is 11.9. The molecule has 0 saturated heterocycles. The first kappa shape index (κ1) is 10.9. The Morgan fingerprint density at radius 2 is 2.07 bits per heavy atom. The van der Waals surface area contributed by atoms with Gasteiger partial charge in [-0.15, -0.1) is 0 Å². The molecule has 0 aromatic rings. The van der Waals surface area contributed by atoms with Gasteiger partial charge >= 0.3 is 0 Å². The molecule has 2 fully saturated rings. The van der Waals surface area contributed by atoms with Gasteiger partial charge in [0.1, 0.15) is 0 Å². The van der Waals surface area contributed by atoms with E-state index in [0.717, 1.165) is 25.4 Å². The zero-order valence-electron chi connectivity index (χ0n) is 9.67. The first-order chi connectivity index (χ1) is 7.31. The monoisotopic (exact) mass is 210 g/mol. The highest BCUT2D eigenvalue weighted by atomic mass is 16.2. The van der Waals surface area contributed by atoms with Crippen LogP contribution in [0.5, 0.6) is 0 Å². The zero-order chi connectivity index (χ0) is 10.7. The van der Waals surface area contributed by atoms with Crippen LogP contribution in [0, 0.1) is 5.92 Å². The molecule has 0 heterocycles. The van der Waals surface area contributed by atoms with Crippen molar-refractivity contribution in [3.05, 3.63) is 0 Å². The lowest BCUT2D eigenvalue weighted by Crippen LogP contribution is -2.41. The Morgan fingerprint density at radius 1 is 1.33 bits per heavy atom. The Hall–Kier alpha value is -0.570. The maximum absolute atomic E-state index is 11.9. The summed E-state index contributed by atoms with van der Waals surface area (Å²) in [6.07, 6.45) is 6.22. The van der Waals surface area contributed by atoms with Crippen LogP contribution in [-0.4, -0.2) is 36.5 Å². The molecule has 2 aliphatic carbocycles. The van der Waals surface area contributed by atoms with Crippen LogP contribution < -0.4 is 5.32 Å². The standard InChI is InChI=1S/C12H22N2O/c1-2-7-13-8-12(15)14(11-5-6-11)9-10-3-4-10/h10-11,13H,2-9H2,1H3. The molecule has 0 aliphatic heterocycles. The Kier molecular flexibility index (Phi) is 3.62. The zero-order valence-corrected chi connectivity index (χ0v) is 9.67. The van der Waals surface area contributed by atoms with Crippen LogP contribution in [0.3, 0.4) is 0 Å². The Balaban J connectivity index is 1.72. The highest BCUT2D eigenvalue weighted by Gasteiger charge is 2.35. The fraction of sp³-hybridized carbons (Fsp3) is 0.917. The summed E-state index contributed by atoms with van der Waals surface area (Å²) in [4.78, 5) is 14.1. The van der Waals surface area contributed by atoms with Crippen molar-refractivity contribution in [2.24, 2.45) is 5.92 Å². The van der Waals surface area contributed by atoms with Gasteiger partial charge in [-0.3, -0.25) is 4.79 Å². The molecular formula is C12H22N2O. The van der Waals surface area contributed by atoms with Crippen LogP contribution in [0.15, 0.2) is 0 Å². The molecule has 3 heteroatoms. The van der Waals surface area contributed by atoms with Gasteiger partial charge in [0.05, 0.1) is 6.54 Å². The summed E-state index contributed by atoms with van der Waals surface area (Å²) in [5.41, 5.74) is 0. The van der Waals surface area contributed by atoms with E-state index < -0.39 is 0 Å². The molecule has 1 amide bonds. The van der Waals surface area contributed by atoms with Crippen LogP contribution in [0.4, 0.5) is 0 Å². The molecule has 0 bridgehead atoms. The number of hydrogen-bond acceptors (Lipinski definition) is 2.